The quantitative estimate of drug-likeness (QED) is 0.617. The van der Waals surface area contributed by atoms with E-state index in [1.54, 1.807) is 9.15 Å². The molecule has 0 saturated heterocycles. The van der Waals surface area contributed by atoms with E-state index < -0.39 is 13.6 Å². The second-order valence-corrected chi connectivity index (χ2v) is 38.5. The monoisotopic (exact) mass is 441 g/mol. The molecule has 0 fully saturated rings. The van der Waals surface area contributed by atoms with Crippen LogP contribution in [0, 0.1) is 0 Å². The molecule has 0 spiro atoms. The summed E-state index contributed by atoms with van der Waals surface area (Å²) < 4.78 is 3.24. The molecule has 0 heterocycles. The predicted octanol–water partition coefficient (Wildman–Crippen LogP) is 4.12. The summed E-state index contributed by atoms with van der Waals surface area (Å²) in [4.78, 5) is 0. The third-order valence-corrected chi connectivity index (χ3v) is 31.0. The summed E-state index contributed by atoms with van der Waals surface area (Å²) in [6.07, 6.45) is 8.18. The first-order valence-corrected chi connectivity index (χ1v) is 19.7. The van der Waals surface area contributed by atoms with Crippen molar-refractivity contribution in [3.05, 3.63) is 52.5 Å². The fourth-order valence-corrected chi connectivity index (χ4v) is 20.1. The maximum absolute atomic E-state index is 2.83. The van der Waals surface area contributed by atoms with Crippen molar-refractivity contribution in [1.29, 1.82) is 0 Å². The van der Waals surface area contributed by atoms with Gasteiger partial charge in [0.05, 0.1) is 0 Å². The Morgan fingerprint density at radius 3 is 2.28 bits per heavy atom. The van der Waals surface area contributed by atoms with Gasteiger partial charge in [0.25, 0.3) is 0 Å². The first-order chi connectivity index (χ1) is 8.20. The van der Waals surface area contributed by atoms with Crippen LogP contribution in [-0.4, -0.2) is 9.52 Å². The molecular weight excluding hydrogens is 415 g/mol. The number of hydrogen-bond donors (Lipinski definition) is 0. The molecule has 1 aromatic rings. The van der Waals surface area contributed by atoms with Crippen molar-refractivity contribution < 1.29 is 13.6 Å². The number of rotatable bonds is 4. The molecule has 1 aliphatic carbocycles. The van der Waals surface area contributed by atoms with Gasteiger partial charge >= 0.3 is 113 Å². The van der Waals surface area contributed by atoms with Gasteiger partial charge < -0.3 is 0 Å². The first kappa shape index (κ1) is 14.0. The predicted molar refractivity (Wildman–Crippen MR) is 84.7 cm³/mol. The van der Waals surface area contributed by atoms with Gasteiger partial charge in [0, 0.05) is 0 Å². The Balaban J connectivity index is 2.20. The summed E-state index contributed by atoms with van der Waals surface area (Å²) in [5, 5.41) is 12.1. The van der Waals surface area contributed by atoms with Gasteiger partial charge in [-0.1, -0.05) is 0 Å². The van der Waals surface area contributed by atoms with Gasteiger partial charge in [-0.25, -0.2) is 0 Å². The second kappa shape index (κ2) is 4.05. The fraction of sp³-hybridized carbons (Fsp3) is 0.375. The zero-order valence-corrected chi connectivity index (χ0v) is 15.7. The van der Waals surface area contributed by atoms with Crippen molar-refractivity contribution in [1.82, 2.24) is 0 Å². The SMILES string of the molecule is [CH3][Pt]([CH3])([CH3])([CH3])([CH2][SiH2]c1ccccc1)[C]1=CC=CC1. The number of allylic oxidation sites excluding steroid dienone is 4. The topological polar surface area (TPSA) is 0 Å². The van der Waals surface area contributed by atoms with E-state index in [1.807, 2.05) is 0 Å². The van der Waals surface area contributed by atoms with Crippen LogP contribution in [0.5, 0.6) is 0 Å². The Kier molecular flexibility index (Phi) is 3.15. The van der Waals surface area contributed by atoms with Crippen LogP contribution in [0.3, 0.4) is 0 Å². The molecule has 2 heteroatoms. The summed E-state index contributed by atoms with van der Waals surface area (Å²) in [6, 6.07) is 11.1. The van der Waals surface area contributed by atoms with Crippen molar-refractivity contribution in [2.45, 2.75) is 32.1 Å². The van der Waals surface area contributed by atoms with Gasteiger partial charge in [0.15, 0.2) is 0 Å². The van der Waals surface area contributed by atoms with Gasteiger partial charge in [-0.3, -0.25) is 0 Å². The molecule has 104 valence electrons. The maximum atomic E-state index is 2.62. The van der Waals surface area contributed by atoms with E-state index in [2.05, 4.69) is 69.8 Å². The van der Waals surface area contributed by atoms with Gasteiger partial charge in [0.1, 0.15) is 0 Å². The molecule has 1 aromatic carbocycles. The summed E-state index contributed by atoms with van der Waals surface area (Å²) in [6.45, 7) is 0. The summed E-state index contributed by atoms with van der Waals surface area (Å²) >= 11 is -2.83. The van der Waals surface area contributed by atoms with Crippen LogP contribution in [0.15, 0.2) is 52.5 Å². The van der Waals surface area contributed by atoms with Crippen molar-refractivity contribution >= 4 is 14.7 Å². The molecule has 0 radical (unpaired) electrons. The Morgan fingerprint density at radius 1 is 1.06 bits per heavy atom. The molecule has 0 amide bonds. The third kappa shape index (κ3) is 3.13. The fourth-order valence-electron chi connectivity index (χ4n) is 2.15. The van der Waals surface area contributed by atoms with Crippen molar-refractivity contribution in [2.75, 3.05) is 0 Å². The molecule has 2 rings (SSSR count). The minimum atomic E-state index is -2.83. The zero-order valence-electron chi connectivity index (χ0n) is 12.1. The van der Waals surface area contributed by atoms with Crippen LogP contribution in [0.2, 0.25) is 25.7 Å². The van der Waals surface area contributed by atoms with E-state index in [0.717, 1.165) is 0 Å². The van der Waals surface area contributed by atoms with Crippen LogP contribution in [-0.2, 0) is 13.6 Å². The van der Waals surface area contributed by atoms with Gasteiger partial charge in [-0.15, -0.1) is 0 Å². The van der Waals surface area contributed by atoms with Crippen molar-refractivity contribution in [2.24, 2.45) is 0 Å². The van der Waals surface area contributed by atoms with Gasteiger partial charge in [-0.2, -0.15) is 0 Å². The number of benzene rings is 1. The molecule has 1 aliphatic rings. The Bertz CT molecular complexity index is 502. The Morgan fingerprint density at radius 2 is 1.72 bits per heavy atom. The number of hydrogen-bond acceptors (Lipinski definition) is 0. The van der Waals surface area contributed by atoms with Gasteiger partial charge in [0.2, 0.25) is 0 Å². The van der Waals surface area contributed by atoms with Crippen LogP contribution in [0.4, 0.5) is 0 Å². The first-order valence-electron chi connectivity index (χ1n) is 6.13. The standard InChI is InChI=1S/C7H9Si.C5H5.4CH3.Pt/c1-8-7-5-3-2-4-6-7;1-2-4-5-3-1;;;;;/h2-6H,1,8H2;1-3H,4H2;4*1H3;. The van der Waals surface area contributed by atoms with E-state index in [0.29, 0.717) is 0 Å². The molecule has 18 heavy (non-hydrogen) atoms. The summed E-state index contributed by atoms with van der Waals surface area (Å²) in [5.41, 5.74) is 0. The average Bonchev–Trinajstić information content (AvgIpc) is 2.82. The van der Waals surface area contributed by atoms with E-state index in [4.69, 9.17) is 0 Å². The van der Waals surface area contributed by atoms with Crippen molar-refractivity contribution in [3.8, 4) is 0 Å². The second-order valence-electron chi connectivity index (χ2n) is 6.64. The molecule has 0 unspecified atom stereocenters. The normalized spacial score (nSPS) is 19.9. The van der Waals surface area contributed by atoms with Crippen LogP contribution in [0.25, 0.3) is 0 Å². The van der Waals surface area contributed by atoms with Gasteiger partial charge in [-0.05, 0) is 0 Å². The third-order valence-electron chi connectivity index (χ3n) is 3.58. The molecule has 0 bridgehead atoms. The van der Waals surface area contributed by atoms with E-state index >= 15 is 0 Å². The Labute approximate surface area is 112 Å². The van der Waals surface area contributed by atoms with E-state index in [-0.39, 0.29) is 9.52 Å². The average molecular weight is 442 g/mol. The zero-order chi connectivity index (χ0) is 13.3. The molecular formula is C16H26PtSi. The molecule has 0 atom stereocenters. The van der Waals surface area contributed by atoms with Crippen LogP contribution in [0.1, 0.15) is 6.42 Å². The van der Waals surface area contributed by atoms with Crippen molar-refractivity contribution in [3.63, 3.8) is 0 Å². The summed E-state index contributed by atoms with van der Waals surface area (Å²) in [5.74, 6) is 0. The Hall–Kier alpha value is -0.395. The molecule has 0 saturated carbocycles. The minimum absolute atomic E-state index is 0.150. The molecule has 0 N–H and O–H groups in total. The molecule has 0 aliphatic heterocycles. The summed E-state index contributed by atoms with van der Waals surface area (Å²) in [7, 11) is -0.150. The molecule has 0 aromatic heterocycles. The van der Waals surface area contributed by atoms with Crippen LogP contribution >= 0.6 is 0 Å². The van der Waals surface area contributed by atoms with Crippen LogP contribution < -0.4 is 5.19 Å². The molecule has 0 nitrogen and oxygen atoms in total. The van der Waals surface area contributed by atoms with E-state index in [9.17, 15) is 0 Å². The van der Waals surface area contributed by atoms with E-state index in [1.165, 1.54) is 10.9 Å².